The highest BCUT2D eigenvalue weighted by molar-refractivity contribution is 6.06. The number of amides is 2. The molecule has 9 nitrogen and oxygen atoms in total. The van der Waals surface area contributed by atoms with Crippen molar-refractivity contribution in [3.63, 3.8) is 0 Å². The van der Waals surface area contributed by atoms with Gasteiger partial charge >= 0.3 is 6.09 Å². The van der Waals surface area contributed by atoms with E-state index in [9.17, 15) is 14.0 Å². The summed E-state index contributed by atoms with van der Waals surface area (Å²) in [5.74, 6) is -0.510. The van der Waals surface area contributed by atoms with Crippen molar-refractivity contribution >= 4 is 29.2 Å². The Hall–Kier alpha value is -4.47. The number of aryl methyl sites for hydroxylation is 1. The van der Waals surface area contributed by atoms with E-state index in [0.29, 0.717) is 17.1 Å². The molecule has 3 aromatic heterocycles. The van der Waals surface area contributed by atoms with E-state index in [4.69, 9.17) is 4.74 Å². The molecule has 2 amide bonds. The van der Waals surface area contributed by atoms with Crippen LogP contribution in [0.15, 0.2) is 55.0 Å². The van der Waals surface area contributed by atoms with Crippen molar-refractivity contribution < 1.29 is 23.5 Å². The minimum Gasteiger partial charge on any atom is -0.494 e. The first-order chi connectivity index (χ1) is 16.3. The van der Waals surface area contributed by atoms with Crippen LogP contribution in [0.4, 0.5) is 20.7 Å². The molecule has 0 unspecified atom stereocenters. The minimum atomic E-state index is -0.609. The molecule has 0 aliphatic carbocycles. The normalized spacial score (nSPS) is 10.7. The minimum absolute atomic E-state index is 0.000384. The fourth-order valence-electron chi connectivity index (χ4n) is 3.51. The summed E-state index contributed by atoms with van der Waals surface area (Å²) in [6, 6.07) is 9.29. The number of nitrogens with zero attached hydrogens (tertiary/aromatic N) is 4. The summed E-state index contributed by atoms with van der Waals surface area (Å²) in [6.07, 6.45) is 4.51. The number of carbonyl (C=O) groups is 2. The first-order valence-electron chi connectivity index (χ1n) is 10.2. The largest absolute Gasteiger partial charge is 0.494 e. The number of halogens is 1. The van der Waals surface area contributed by atoms with Crippen LogP contribution in [0.5, 0.6) is 5.75 Å². The van der Waals surface area contributed by atoms with Crippen molar-refractivity contribution in [2.75, 3.05) is 31.5 Å². The Balaban J connectivity index is 1.69. The lowest BCUT2D eigenvalue weighted by Crippen LogP contribution is -2.26. The number of hydrogen-bond donors (Lipinski definition) is 1. The van der Waals surface area contributed by atoms with Gasteiger partial charge in [0, 0.05) is 30.6 Å². The molecule has 0 spiro atoms. The number of carbonyl (C=O) groups excluding carboxylic acids is 2. The molecule has 0 saturated carbocycles. The van der Waals surface area contributed by atoms with E-state index >= 15 is 0 Å². The van der Waals surface area contributed by atoms with Crippen molar-refractivity contribution in [1.82, 2.24) is 14.4 Å². The van der Waals surface area contributed by atoms with Gasteiger partial charge in [-0.3, -0.25) is 14.5 Å². The summed E-state index contributed by atoms with van der Waals surface area (Å²) in [5.41, 5.74) is 4.01. The third-order valence-electron chi connectivity index (χ3n) is 5.34. The standard InChI is InChI=1S/C24H22FN5O4/c1-14-9-17(29(2)23(31)15-5-7-18(25)20(10-15)33-3)13-30-19(12-27-22(14)30)16-6-8-21(26-11-16)28-24(32)34-4/h5-13H,1-4H3,(H,26,28,32). The predicted octanol–water partition coefficient (Wildman–Crippen LogP) is 4.31. The molecule has 3 heterocycles. The fraction of sp³-hybridized carbons (Fsp3) is 0.167. The molecule has 0 atom stereocenters. The van der Waals surface area contributed by atoms with Gasteiger partial charge in [0.05, 0.1) is 31.8 Å². The third kappa shape index (κ3) is 4.25. The number of pyridine rings is 2. The Morgan fingerprint density at radius 3 is 2.56 bits per heavy atom. The lowest BCUT2D eigenvalue weighted by molar-refractivity contribution is 0.0992. The van der Waals surface area contributed by atoms with Gasteiger partial charge in [-0.2, -0.15) is 0 Å². The van der Waals surface area contributed by atoms with E-state index in [2.05, 4.69) is 20.0 Å². The van der Waals surface area contributed by atoms with Crippen molar-refractivity contribution in [1.29, 1.82) is 0 Å². The van der Waals surface area contributed by atoms with Gasteiger partial charge in [-0.05, 0) is 48.9 Å². The van der Waals surface area contributed by atoms with Crippen molar-refractivity contribution in [3.8, 4) is 17.0 Å². The summed E-state index contributed by atoms with van der Waals surface area (Å²) >= 11 is 0. The summed E-state index contributed by atoms with van der Waals surface area (Å²) in [7, 11) is 4.27. The van der Waals surface area contributed by atoms with Crippen LogP contribution in [0.1, 0.15) is 15.9 Å². The molecule has 10 heteroatoms. The number of anilines is 2. The van der Waals surface area contributed by atoms with Crippen molar-refractivity contribution in [2.45, 2.75) is 6.92 Å². The number of fused-ring (bicyclic) bond motifs is 1. The molecular formula is C24H22FN5O4. The lowest BCUT2D eigenvalue weighted by atomic mass is 10.1. The van der Waals surface area contributed by atoms with Crippen LogP contribution in [0.2, 0.25) is 0 Å². The van der Waals surface area contributed by atoms with Crippen LogP contribution >= 0.6 is 0 Å². The van der Waals surface area contributed by atoms with Gasteiger partial charge in [-0.15, -0.1) is 0 Å². The molecule has 4 aromatic rings. The maximum Gasteiger partial charge on any atom is 0.412 e. The maximum atomic E-state index is 13.8. The van der Waals surface area contributed by atoms with Crippen LogP contribution in [-0.2, 0) is 4.74 Å². The SMILES string of the molecule is COC(=O)Nc1ccc(-c2cnc3c(C)cc(N(C)C(=O)c4ccc(F)c(OC)c4)cn23)cn1. The maximum absolute atomic E-state index is 13.8. The Morgan fingerprint density at radius 2 is 1.88 bits per heavy atom. The van der Waals surface area contributed by atoms with Gasteiger partial charge in [0.1, 0.15) is 11.5 Å². The van der Waals surface area contributed by atoms with E-state index in [1.807, 2.05) is 17.4 Å². The van der Waals surface area contributed by atoms with Gasteiger partial charge < -0.3 is 14.4 Å². The smallest absolute Gasteiger partial charge is 0.412 e. The number of rotatable bonds is 5. The monoisotopic (exact) mass is 463 g/mol. The van der Waals surface area contributed by atoms with Gasteiger partial charge in [0.25, 0.3) is 5.91 Å². The lowest BCUT2D eigenvalue weighted by Gasteiger charge is -2.19. The summed E-state index contributed by atoms with van der Waals surface area (Å²) in [5, 5.41) is 2.50. The molecule has 0 aliphatic heterocycles. The number of methoxy groups -OCH3 is 2. The molecule has 0 bridgehead atoms. The zero-order valence-electron chi connectivity index (χ0n) is 19.0. The molecule has 1 N–H and O–H groups in total. The van der Waals surface area contributed by atoms with E-state index < -0.39 is 11.9 Å². The van der Waals surface area contributed by atoms with Crippen LogP contribution in [-0.4, -0.2) is 47.6 Å². The van der Waals surface area contributed by atoms with Gasteiger partial charge in [-0.1, -0.05) is 0 Å². The molecule has 0 radical (unpaired) electrons. The van der Waals surface area contributed by atoms with Gasteiger partial charge in [0.2, 0.25) is 0 Å². The van der Waals surface area contributed by atoms with E-state index in [1.54, 1.807) is 37.8 Å². The van der Waals surface area contributed by atoms with Crippen LogP contribution in [0.3, 0.4) is 0 Å². The zero-order valence-corrected chi connectivity index (χ0v) is 19.0. The number of imidazole rings is 1. The topological polar surface area (TPSA) is 98.1 Å². The van der Waals surface area contributed by atoms with E-state index in [1.165, 1.54) is 37.3 Å². The average molecular weight is 463 g/mol. The summed E-state index contributed by atoms with van der Waals surface area (Å²) < 4.78 is 25.2. The molecule has 0 fully saturated rings. The van der Waals surface area contributed by atoms with Crippen LogP contribution in [0, 0.1) is 12.7 Å². The van der Waals surface area contributed by atoms with E-state index in [-0.39, 0.29) is 11.7 Å². The molecule has 4 rings (SSSR count). The molecule has 1 aromatic carbocycles. The number of benzene rings is 1. The molecule has 34 heavy (non-hydrogen) atoms. The quantitative estimate of drug-likeness (QED) is 0.474. The molecular weight excluding hydrogens is 441 g/mol. The van der Waals surface area contributed by atoms with Crippen LogP contribution in [0.25, 0.3) is 16.9 Å². The average Bonchev–Trinajstić information content (AvgIpc) is 3.28. The zero-order chi connectivity index (χ0) is 24.4. The Kier molecular flexibility index (Phi) is 6.13. The Labute approximate surface area is 194 Å². The first kappa shape index (κ1) is 22.7. The van der Waals surface area contributed by atoms with Crippen molar-refractivity contribution in [2.24, 2.45) is 0 Å². The predicted molar refractivity (Wildman–Crippen MR) is 125 cm³/mol. The Bertz CT molecular complexity index is 1380. The fourth-order valence-corrected chi connectivity index (χ4v) is 3.51. The Morgan fingerprint density at radius 1 is 1.09 bits per heavy atom. The first-order valence-corrected chi connectivity index (χ1v) is 10.2. The second-order valence-corrected chi connectivity index (χ2v) is 7.48. The summed E-state index contributed by atoms with van der Waals surface area (Å²) in [6.45, 7) is 1.90. The number of nitrogens with one attached hydrogen (secondary N) is 1. The molecule has 174 valence electrons. The highest BCUT2D eigenvalue weighted by atomic mass is 19.1. The number of ether oxygens (including phenoxy) is 2. The molecule has 0 aliphatic rings. The van der Waals surface area contributed by atoms with Gasteiger partial charge in [-0.25, -0.2) is 19.2 Å². The highest BCUT2D eigenvalue weighted by Gasteiger charge is 2.18. The second-order valence-electron chi connectivity index (χ2n) is 7.48. The van der Waals surface area contributed by atoms with Crippen molar-refractivity contribution in [3.05, 3.63) is 71.9 Å². The number of hydrogen-bond acceptors (Lipinski definition) is 6. The van der Waals surface area contributed by atoms with Gasteiger partial charge in [0.15, 0.2) is 11.6 Å². The van der Waals surface area contributed by atoms with E-state index in [0.717, 1.165) is 22.5 Å². The third-order valence-corrected chi connectivity index (χ3v) is 5.34. The summed E-state index contributed by atoms with van der Waals surface area (Å²) in [4.78, 5) is 34.7. The van der Waals surface area contributed by atoms with Crippen LogP contribution < -0.4 is 15.0 Å². The number of aromatic nitrogens is 3. The highest BCUT2D eigenvalue weighted by Crippen LogP contribution is 2.27. The second kappa shape index (κ2) is 9.18. The molecule has 0 saturated heterocycles.